The van der Waals surface area contributed by atoms with Gasteiger partial charge in [0.1, 0.15) is 0 Å². The summed E-state index contributed by atoms with van der Waals surface area (Å²) in [6, 6.07) is 0. The van der Waals surface area contributed by atoms with E-state index in [1.807, 2.05) is 6.26 Å². The van der Waals surface area contributed by atoms with Crippen LogP contribution in [-0.2, 0) is 4.79 Å². The summed E-state index contributed by atoms with van der Waals surface area (Å²) in [5, 5.41) is 4.04. The molecule has 0 saturated heterocycles. The summed E-state index contributed by atoms with van der Waals surface area (Å²) in [5.74, 6) is 0.753. The minimum atomic E-state index is 0.171. The minimum absolute atomic E-state index is 0.171. The Bertz CT molecular complexity index is 193. The number of carbonyl (C=O) groups is 1. The van der Waals surface area contributed by atoms with Crippen molar-refractivity contribution in [1.82, 2.24) is 5.32 Å². The summed E-state index contributed by atoms with van der Waals surface area (Å²) < 4.78 is 0. The molecule has 0 aromatic heterocycles. The molecular formula is C10H18BrNOS. The van der Waals surface area contributed by atoms with Crippen LogP contribution in [0.25, 0.3) is 0 Å². The lowest BCUT2D eigenvalue weighted by Gasteiger charge is -2.26. The molecule has 82 valence electrons. The molecule has 1 amide bonds. The van der Waals surface area contributed by atoms with Crippen molar-refractivity contribution in [2.24, 2.45) is 5.41 Å². The van der Waals surface area contributed by atoms with E-state index in [2.05, 4.69) is 21.2 Å². The number of hydrogen-bond acceptors (Lipinski definition) is 2. The molecule has 0 spiro atoms. The van der Waals surface area contributed by atoms with E-state index in [0.717, 1.165) is 11.9 Å². The molecule has 0 heterocycles. The molecule has 2 nitrogen and oxygen atoms in total. The maximum absolute atomic E-state index is 11.3. The number of nitrogens with one attached hydrogen (secondary N) is 1. The molecule has 14 heavy (non-hydrogen) atoms. The SMILES string of the molecule is CSCC(=O)NCC1(CBr)CCCC1. The van der Waals surface area contributed by atoms with E-state index < -0.39 is 0 Å². The molecule has 1 rings (SSSR count). The van der Waals surface area contributed by atoms with Crippen molar-refractivity contribution in [3.63, 3.8) is 0 Å². The topological polar surface area (TPSA) is 29.1 Å². The van der Waals surface area contributed by atoms with Gasteiger partial charge in [0.2, 0.25) is 5.91 Å². The highest BCUT2D eigenvalue weighted by atomic mass is 79.9. The van der Waals surface area contributed by atoms with Crippen LogP contribution in [0.15, 0.2) is 0 Å². The van der Waals surface area contributed by atoms with Gasteiger partial charge in [-0.1, -0.05) is 28.8 Å². The molecule has 0 atom stereocenters. The highest BCUT2D eigenvalue weighted by Gasteiger charge is 2.32. The van der Waals surface area contributed by atoms with E-state index in [4.69, 9.17) is 0 Å². The predicted molar refractivity (Wildman–Crippen MR) is 66.1 cm³/mol. The van der Waals surface area contributed by atoms with E-state index >= 15 is 0 Å². The fourth-order valence-electron chi connectivity index (χ4n) is 1.95. The number of alkyl halides is 1. The molecule has 0 bridgehead atoms. The number of carbonyl (C=O) groups excluding carboxylic acids is 1. The van der Waals surface area contributed by atoms with Crippen molar-refractivity contribution in [3.8, 4) is 0 Å². The summed E-state index contributed by atoms with van der Waals surface area (Å²) in [7, 11) is 0. The van der Waals surface area contributed by atoms with Crippen molar-refractivity contribution in [2.45, 2.75) is 25.7 Å². The zero-order valence-corrected chi connectivity index (χ0v) is 11.0. The van der Waals surface area contributed by atoms with Crippen molar-refractivity contribution < 1.29 is 4.79 Å². The first-order valence-electron chi connectivity index (χ1n) is 5.04. The van der Waals surface area contributed by atoms with Crippen LogP contribution in [0.3, 0.4) is 0 Å². The lowest BCUT2D eigenvalue weighted by atomic mass is 9.89. The molecule has 0 unspecified atom stereocenters. The van der Waals surface area contributed by atoms with Gasteiger partial charge in [0, 0.05) is 11.9 Å². The van der Waals surface area contributed by atoms with Crippen molar-refractivity contribution in [3.05, 3.63) is 0 Å². The second kappa shape index (κ2) is 6.01. The van der Waals surface area contributed by atoms with Gasteiger partial charge in [-0.3, -0.25) is 4.79 Å². The van der Waals surface area contributed by atoms with Crippen molar-refractivity contribution >= 4 is 33.6 Å². The number of amides is 1. The number of thioether (sulfide) groups is 1. The van der Waals surface area contributed by atoms with Gasteiger partial charge in [-0.2, -0.15) is 11.8 Å². The molecule has 1 saturated carbocycles. The highest BCUT2D eigenvalue weighted by Crippen LogP contribution is 2.38. The van der Waals surface area contributed by atoms with E-state index in [0.29, 0.717) is 11.2 Å². The van der Waals surface area contributed by atoms with Gasteiger partial charge in [0.25, 0.3) is 0 Å². The first kappa shape index (κ1) is 12.4. The van der Waals surface area contributed by atoms with Crippen LogP contribution in [0, 0.1) is 5.41 Å². The Morgan fingerprint density at radius 1 is 1.50 bits per heavy atom. The smallest absolute Gasteiger partial charge is 0.230 e. The monoisotopic (exact) mass is 279 g/mol. The Labute approximate surface area is 98.7 Å². The van der Waals surface area contributed by atoms with Gasteiger partial charge < -0.3 is 5.32 Å². The number of halogens is 1. The van der Waals surface area contributed by atoms with Crippen molar-refractivity contribution in [2.75, 3.05) is 23.9 Å². The van der Waals surface area contributed by atoms with Crippen LogP contribution in [0.4, 0.5) is 0 Å². The second-order valence-electron chi connectivity index (χ2n) is 4.05. The largest absolute Gasteiger partial charge is 0.355 e. The van der Waals surface area contributed by atoms with Gasteiger partial charge in [-0.25, -0.2) is 0 Å². The Balaban J connectivity index is 2.30. The summed E-state index contributed by atoms with van der Waals surface area (Å²) in [6.07, 6.45) is 7.07. The Hall–Kier alpha value is 0.300. The molecule has 1 aliphatic rings. The molecule has 0 aromatic carbocycles. The number of rotatable bonds is 5. The van der Waals surface area contributed by atoms with E-state index in [-0.39, 0.29) is 5.91 Å². The zero-order chi connectivity index (χ0) is 10.4. The molecule has 1 N–H and O–H groups in total. The molecule has 1 aliphatic carbocycles. The fraction of sp³-hybridized carbons (Fsp3) is 0.900. The van der Waals surface area contributed by atoms with Crippen LogP contribution >= 0.6 is 27.7 Å². The Morgan fingerprint density at radius 3 is 2.64 bits per heavy atom. The fourth-order valence-corrected chi connectivity index (χ4v) is 3.07. The third kappa shape index (κ3) is 3.46. The normalized spacial score (nSPS) is 19.6. The Kier molecular flexibility index (Phi) is 5.31. The zero-order valence-electron chi connectivity index (χ0n) is 8.64. The average molecular weight is 280 g/mol. The molecule has 1 fully saturated rings. The molecule has 4 heteroatoms. The Morgan fingerprint density at radius 2 is 2.14 bits per heavy atom. The summed E-state index contributed by atoms with van der Waals surface area (Å²) in [5.41, 5.74) is 0.341. The van der Waals surface area contributed by atoms with Crippen molar-refractivity contribution in [1.29, 1.82) is 0 Å². The lowest BCUT2D eigenvalue weighted by Crippen LogP contribution is -2.37. The lowest BCUT2D eigenvalue weighted by molar-refractivity contribution is -0.119. The van der Waals surface area contributed by atoms with Gasteiger partial charge >= 0.3 is 0 Å². The minimum Gasteiger partial charge on any atom is -0.355 e. The van der Waals surface area contributed by atoms with Crippen LogP contribution in [0.1, 0.15) is 25.7 Å². The van der Waals surface area contributed by atoms with Gasteiger partial charge in [0.05, 0.1) is 5.75 Å². The average Bonchev–Trinajstić information content (AvgIpc) is 2.65. The van der Waals surface area contributed by atoms with Crippen LogP contribution < -0.4 is 5.32 Å². The van der Waals surface area contributed by atoms with Gasteiger partial charge in [0.15, 0.2) is 0 Å². The highest BCUT2D eigenvalue weighted by molar-refractivity contribution is 9.09. The summed E-state index contributed by atoms with van der Waals surface area (Å²) in [4.78, 5) is 11.3. The second-order valence-corrected chi connectivity index (χ2v) is 5.48. The summed E-state index contributed by atoms with van der Waals surface area (Å²) >= 11 is 5.14. The summed E-state index contributed by atoms with van der Waals surface area (Å²) in [6.45, 7) is 0.845. The maximum Gasteiger partial charge on any atom is 0.230 e. The first-order chi connectivity index (χ1) is 6.72. The quantitative estimate of drug-likeness (QED) is 0.784. The predicted octanol–water partition coefficient (Wildman–Crippen LogP) is 2.42. The molecular weight excluding hydrogens is 262 g/mol. The van der Waals surface area contributed by atoms with E-state index in [1.165, 1.54) is 25.7 Å². The van der Waals surface area contributed by atoms with Crippen LogP contribution in [-0.4, -0.2) is 29.8 Å². The van der Waals surface area contributed by atoms with Crippen LogP contribution in [0.5, 0.6) is 0 Å². The standard InChI is InChI=1S/C10H18BrNOS/c1-14-6-9(13)12-8-10(7-11)4-2-3-5-10/h2-8H2,1H3,(H,12,13). The third-order valence-corrected chi connectivity index (χ3v) is 4.62. The van der Waals surface area contributed by atoms with Gasteiger partial charge in [-0.15, -0.1) is 0 Å². The molecule has 0 aromatic rings. The van der Waals surface area contributed by atoms with E-state index in [1.54, 1.807) is 11.8 Å². The molecule has 0 radical (unpaired) electrons. The van der Waals surface area contributed by atoms with Crippen LogP contribution in [0.2, 0.25) is 0 Å². The third-order valence-electron chi connectivity index (χ3n) is 2.88. The first-order valence-corrected chi connectivity index (χ1v) is 7.55. The van der Waals surface area contributed by atoms with Gasteiger partial charge in [-0.05, 0) is 24.5 Å². The number of hydrogen-bond donors (Lipinski definition) is 1. The maximum atomic E-state index is 11.3. The molecule has 0 aliphatic heterocycles. The van der Waals surface area contributed by atoms with E-state index in [9.17, 15) is 4.79 Å².